The van der Waals surface area contributed by atoms with Gasteiger partial charge >= 0.3 is 0 Å². The lowest BCUT2D eigenvalue weighted by Gasteiger charge is -2.27. The summed E-state index contributed by atoms with van der Waals surface area (Å²) in [6, 6.07) is 0. The Kier molecular flexibility index (Phi) is 3.34. The molecule has 0 aromatic carbocycles. The molecule has 0 aromatic heterocycles. The van der Waals surface area contributed by atoms with Gasteiger partial charge in [0.15, 0.2) is 0 Å². The molecular formula is C9H19NO. The maximum atomic E-state index is 5.56. The fourth-order valence-corrected chi connectivity index (χ4v) is 1.93. The number of hydrogen-bond donors (Lipinski definition) is 1. The normalized spacial score (nSPS) is 22.4. The molecule has 1 N–H and O–H groups in total. The largest absolute Gasteiger partial charge is 0.378 e. The van der Waals surface area contributed by atoms with E-state index in [4.69, 9.17) is 4.74 Å². The highest BCUT2D eigenvalue weighted by Gasteiger charge is 2.32. The van der Waals surface area contributed by atoms with Crippen molar-refractivity contribution in [2.75, 3.05) is 20.7 Å². The first-order valence-electron chi connectivity index (χ1n) is 4.53. The van der Waals surface area contributed by atoms with Gasteiger partial charge in [0.05, 0.1) is 5.60 Å². The average Bonchev–Trinajstić information content (AvgIpc) is 2.50. The fourth-order valence-electron chi connectivity index (χ4n) is 1.93. The molecule has 1 rings (SSSR count). The molecule has 0 radical (unpaired) electrons. The topological polar surface area (TPSA) is 21.3 Å². The number of methoxy groups -OCH3 is 1. The minimum Gasteiger partial charge on any atom is -0.378 e. The molecular weight excluding hydrogens is 138 g/mol. The Morgan fingerprint density at radius 3 is 2.45 bits per heavy atom. The maximum absolute atomic E-state index is 5.56. The third kappa shape index (κ3) is 2.17. The van der Waals surface area contributed by atoms with Gasteiger partial charge in [-0.2, -0.15) is 0 Å². The molecule has 0 saturated heterocycles. The Balaban J connectivity index is 2.33. The number of nitrogens with one attached hydrogen (secondary N) is 1. The SMILES string of the molecule is CNCCC1(OC)CCCC1. The standard InChI is InChI=1S/C9H19NO/c1-10-8-7-9(11-2)5-3-4-6-9/h10H,3-8H2,1-2H3. The summed E-state index contributed by atoms with van der Waals surface area (Å²) in [5, 5.41) is 3.17. The molecule has 1 aliphatic carbocycles. The van der Waals surface area contributed by atoms with E-state index in [1.807, 2.05) is 14.2 Å². The third-order valence-corrected chi connectivity index (χ3v) is 2.78. The minimum atomic E-state index is 0.225. The molecule has 0 atom stereocenters. The molecule has 0 aromatic rings. The number of rotatable bonds is 4. The molecule has 0 spiro atoms. The summed E-state index contributed by atoms with van der Waals surface area (Å²) in [5.41, 5.74) is 0.225. The molecule has 0 amide bonds. The zero-order chi connectivity index (χ0) is 8.16. The molecule has 66 valence electrons. The number of ether oxygens (including phenoxy) is 1. The monoisotopic (exact) mass is 157 g/mol. The molecule has 0 heterocycles. The molecule has 2 heteroatoms. The second kappa shape index (κ2) is 4.07. The van der Waals surface area contributed by atoms with E-state index in [0.717, 1.165) is 6.54 Å². The van der Waals surface area contributed by atoms with Crippen molar-refractivity contribution in [2.24, 2.45) is 0 Å². The molecule has 0 unspecified atom stereocenters. The van der Waals surface area contributed by atoms with E-state index in [1.54, 1.807) is 0 Å². The summed E-state index contributed by atoms with van der Waals surface area (Å²) in [6.45, 7) is 1.08. The lowest BCUT2D eigenvalue weighted by atomic mass is 9.98. The van der Waals surface area contributed by atoms with E-state index < -0.39 is 0 Å². The van der Waals surface area contributed by atoms with E-state index >= 15 is 0 Å². The lowest BCUT2D eigenvalue weighted by Crippen LogP contribution is -2.31. The lowest BCUT2D eigenvalue weighted by molar-refractivity contribution is -0.0104. The highest BCUT2D eigenvalue weighted by atomic mass is 16.5. The summed E-state index contributed by atoms with van der Waals surface area (Å²) in [7, 11) is 3.85. The highest BCUT2D eigenvalue weighted by Crippen LogP contribution is 2.34. The Morgan fingerprint density at radius 1 is 1.36 bits per heavy atom. The number of hydrogen-bond acceptors (Lipinski definition) is 2. The van der Waals surface area contributed by atoms with Crippen LogP contribution in [-0.2, 0) is 4.74 Å². The van der Waals surface area contributed by atoms with Gasteiger partial charge in [-0.1, -0.05) is 12.8 Å². The van der Waals surface area contributed by atoms with Crippen LogP contribution in [0.15, 0.2) is 0 Å². The van der Waals surface area contributed by atoms with Gasteiger partial charge in [-0.05, 0) is 32.9 Å². The first-order chi connectivity index (χ1) is 5.33. The van der Waals surface area contributed by atoms with E-state index in [1.165, 1.54) is 32.1 Å². The third-order valence-electron chi connectivity index (χ3n) is 2.78. The first kappa shape index (κ1) is 9.01. The average molecular weight is 157 g/mol. The predicted octanol–water partition coefficient (Wildman–Crippen LogP) is 1.56. The Bertz CT molecular complexity index is 108. The summed E-state index contributed by atoms with van der Waals surface area (Å²) >= 11 is 0. The summed E-state index contributed by atoms with van der Waals surface area (Å²) in [5.74, 6) is 0. The van der Waals surface area contributed by atoms with E-state index in [-0.39, 0.29) is 5.60 Å². The van der Waals surface area contributed by atoms with Crippen LogP contribution in [-0.4, -0.2) is 26.3 Å². The van der Waals surface area contributed by atoms with Crippen LogP contribution < -0.4 is 5.32 Å². The van der Waals surface area contributed by atoms with Gasteiger partial charge in [0.25, 0.3) is 0 Å². The molecule has 11 heavy (non-hydrogen) atoms. The van der Waals surface area contributed by atoms with Crippen LogP contribution >= 0.6 is 0 Å². The summed E-state index contributed by atoms with van der Waals surface area (Å²) < 4.78 is 5.56. The van der Waals surface area contributed by atoms with Gasteiger partial charge in [0.2, 0.25) is 0 Å². The summed E-state index contributed by atoms with van der Waals surface area (Å²) in [4.78, 5) is 0. The minimum absolute atomic E-state index is 0.225. The zero-order valence-corrected chi connectivity index (χ0v) is 7.65. The Labute approximate surface area is 69.3 Å². The van der Waals surface area contributed by atoms with Crippen molar-refractivity contribution in [3.63, 3.8) is 0 Å². The van der Waals surface area contributed by atoms with Crippen LogP contribution in [0.25, 0.3) is 0 Å². The smallest absolute Gasteiger partial charge is 0.0690 e. The van der Waals surface area contributed by atoms with Crippen molar-refractivity contribution in [2.45, 2.75) is 37.7 Å². The van der Waals surface area contributed by atoms with E-state index in [2.05, 4.69) is 5.32 Å². The van der Waals surface area contributed by atoms with Crippen LogP contribution in [0.5, 0.6) is 0 Å². The van der Waals surface area contributed by atoms with E-state index in [9.17, 15) is 0 Å². The molecule has 0 bridgehead atoms. The highest BCUT2D eigenvalue weighted by molar-refractivity contribution is 4.86. The zero-order valence-electron chi connectivity index (χ0n) is 7.65. The molecule has 1 saturated carbocycles. The molecule has 1 aliphatic rings. The molecule has 1 fully saturated rings. The van der Waals surface area contributed by atoms with Gasteiger partial charge in [0.1, 0.15) is 0 Å². The van der Waals surface area contributed by atoms with E-state index in [0.29, 0.717) is 0 Å². The van der Waals surface area contributed by atoms with Gasteiger partial charge < -0.3 is 10.1 Å². The van der Waals surface area contributed by atoms with Crippen molar-refractivity contribution < 1.29 is 4.74 Å². The van der Waals surface area contributed by atoms with Gasteiger partial charge in [-0.15, -0.1) is 0 Å². The Morgan fingerprint density at radius 2 is 2.00 bits per heavy atom. The summed E-state index contributed by atoms with van der Waals surface area (Å²) in [6.07, 6.45) is 6.37. The van der Waals surface area contributed by atoms with Crippen molar-refractivity contribution in [3.05, 3.63) is 0 Å². The second-order valence-electron chi connectivity index (χ2n) is 3.45. The van der Waals surface area contributed by atoms with Crippen molar-refractivity contribution in [1.29, 1.82) is 0 Å². The van der Waals surface area contributed by atoms with Crippen molar-refractivity contribution in [1.82, 2.24) is 5.32 Å². The van der Waals surface area contributed by atoms with Gasteiger partial charge in [-0.3, -0.25) is 0 Å². The van der Waals surface area contributed by atoms with Crippen LogP contribution in [0.3, 0.4) is 0 Å². The van der Waals surface area contributed by atoms with Gasteiger partial charge in [-0.25, -0.2) is 0 Å². The second-order valence-corrected chi connectivity index (χ2v) is 3.45. The van der Waals surface area contributed by atoms with Crippen molar-refractivity contribution in [3.8, 4) is 0 Å². The van der Waals surface area contributed by atoms with Crippen LogP contribution in [0.2, 0.25) is 0 Å². The van der Waals surface area contributed by atoms with Crippen LogP contribution in [0, 0.1) is 0 Å². The Hall–Kier alpha value is -0.0800. The maximum Gasteiger partial charge on any atom is 0.0690 e. The molecule has 2 nitrogen and oxygen atoms in total. The predicted molar refractivity (Wildman–Crippen MR) is 46.8 cm³/mol. The first-order valence-corrected chi connectivity index (χ1v) is 4.53. The van der Waals surface area contributed by atoms with Gasteiger partial charge in [0, 0.05) is 7.11 Å². The van der Waals surface area contributed by atoms with Crippen LogP contribution in [0.1, 0.15) is 32.1 Å². The van der Waals surface area contributed by atoms with Crippen LogP contribution in [0.4, 0.5) is 0 Å². The van der Waals surface area contributed by atoms with Crippen molar-refractivity contribution >= 4 is 0 Å². The quantitative estimate of drug-likeness (QED) is 0.668. The molecule has 0 aliphatic heterocycles. The fraction of sp³-hybridized carbons (Fsp3) is 1.00.